The molecule has 1 aromatic carbocycles. The monoisotopic (exact) mass is 257 g/mol. The van der Waals surface area contributed by atoms with Crippen LogP contribution in [0.1, 0.15) is 25.5 Å². The zero-order chi connectivity index (χ0) is 13.0. The van der Waals surface area contributed by atoms with Gasteiger partial charge in [0.05, 0.1) is 23.3 Å². The van der Waals surface area contributed by atoms with Gasteiger partial charge in [-0.2, -0.15) is 5.26 Å². The molecule has 0 amide bonds. The van der Waals surface area contributed by atoms with Crippen LogP contribution in [0.2, 0.25) is 5.02 Å². The van der Waals surface area contributed by atoms with E-state index in [1.165, 1.54) is 19.1 Å². The van der Waals surface area contributed by atoms with Crippen molar-refractivity contribution in [1.29, 1.82) is 5.26 Å². The molecule has 1 aromatic rings. The van der Waals surface area contributed by atoms with Crippen molar-refractivity contribution in [2.75, 3.05) is 0 Å². The summed E-state index contributed by atoms with van der Waals surface area (Å²) < 4.78 is 18.9. The number of benzene rings is 1. The number of nitriles is 1. The highest BCUT2D eigenvalue weighted by molar-refractivity contribution is 6.30. The van der Waals surface area contributed by atoms with E-state index in [0.29, 0.717) is 0 Å². The first-order chi connectivity index (χ1) is 7.97. The number of ether oxygens (including phenoxy) is 1. The van der Waals surface area contributed by atoms with Crippen molar-refractivity contribution in [1.82, 2.24) is 0 Å². The number of halogens is 2. The van der Waals surface area contributed by atoms with Gasteiger partial charge in [-0.1, -0.05) is 23.7 Å². The Labute approximate surface area is 104 Å². The van der Waals surface area contributed by atoms with Crippen LogP contribution in [0.5, 0.6) is 0 Å². The minimum absolute atomic E-state index is 0.0592. The third-order valence-electron chi connectivity index (χ3n) is 2.41. The molecule has 17 heavy (non-hydrogen) atoms. The Kier molecular flexibility index (Phi) is 4.88. The number of nitrogens with zero attached hydrogens (tertiary/aromatic N) is 1. The molecule has 92 valence electrons. The molecular weight excluding hydrogens is 245 g/mol. The third kappa shape index (κ3) is 3.40. The number of hydrogen-bond acceptors (Lipinski definition) is 3. The maximum Gasteiger partial charge on any atom is 0.172 e. The van der Waals surface area contributed by atoms with Gasteiger partial charge in [-0.15, -0.1) is 0 Å². The molecule has 0 fully saturated rings. The summed E-state index contributed by atoms with van der Waals surface area (Å²) in [5, 5.41) is 18.2. The molecule has 0 saturated carbocycles. The summed E-state index contributed by atoms with van der Waals surface area (Å²) in [4.78, 5) is 0. The van der Waals surface area contributed by atoms with Gasteiger partial charge in [-0.3, -0.25) is 0 Å². The molecule has 3 nitrogen and oxygen atoms in total. The Hall–Kier alpha value is -1.15. The van der Waals surface area contributed by atoms with Crippen LogP contribution in [0.4, 0.5) is 4.39 Å². The van der Waals surface area contributed by atoms with E-state index in [-0.39, 0.29) is 10.6 Å². The van der Waals surface area contributed by atoms with Crippen molar-refractivity contribution in [3.63, 3.8) is 0 Å². The fraction of sp³-hybridized carbons (Fsp3) is 0.417. The summed E-state index contributed by atoms with van der Waals surface area (Å²) in [5.74, 6) is -0.668. The van der Waals surface area contributed by atoms with Crippen LogP contribution < -0.4 is 0 Å². The Morgan fingerprint density at radius 3 is 2.65 bits per heavy atom. The molecule has 3 atom stereocenters. The lowest BCUT2D eigenvalue weighted by atomic mass is 10.1. The predicted molar refractivity (Wildman–Crippen MR) is 62.0 cm³/mol. The van der Waals surface area contributed by atoms with Crippen LogP contribution in [0.25, 0.3) is 0 Å². The zero-order valence-corrected chi connectivity index (χ0v) is 10.3. The Morgan fingerprint density at radius 2 is 2.12 bits per heavy atom. The lowest BCUT2D eigenvalue weighted by molar-refractivity contribution is -0.0435. The van der Waals surface area contributed by atoms with Crippen molar-refractivity contribution >= 4 is 11.6 Å². The molecule has 0 heterocycles. The van der Waals surface area contributed by atoms with Gasteiger partial charge >= 0.3 is 0 Å². The molecule has 0 spiro atoms. The summed E-state index contributed by atoms with van der Waals surface area (Å²) in [6.07, 6.45) is -2.40. The lowest BCUT2D eigenvalue weighted by Gasteiger charge is -2.20. The second kappa shape index (κ2) is 5.97. The Morgan fingerprint density at radius 1 is 1.47 bits per heavy atom. The quantitative estimate of drug-likeness (QED) is 0.902. The van der Waals surface area contributed by atoms with Gasteiger partial charge in [-0.05, 0) is 19.9 Å². The highest BCUT2D eigenvalue weighted by Crippen LogP contribution is 2.26. The first kappa shape index (κ1) is 13.9. The molecule has 3 unspecified atom stereocenters. The van der Waals surface area contributed by atoms with E-state index in [2.05, 4.69) is 0 Å². The average Bonchev–Trinajstić information content (AvgIpc) is 2.29. The molecule has 5 heteroatoms. The number of aliphatic hydroxyl groups excluding tert-OH is 1. The normalized spacial score (nSPS) is 16.0. The van der Waals surface area contributed by atoms with Gasteiger partial charge < -0.3 is 9.84 Å². The number of hydrogen-bond donors (Lipinski definition) is 1. The second-order valence-electron chi connectivity index (χ2n) is 3.73. The predicted octanol–water partition coefficient (Wildman–Crippen LogP) is 2.83. The van der Waals surface area contributed by atoms with Crippen LogP contribution in [-0.2, 0) is 4.74 Å². The van der Waals surface area contributed by atoms with E-state index < -0.39 is 24.1 Å². The van der Waals surface area contributed by atoms with Crippen LogP contribution in [-0.4, -0.2) is 17.3 Å². The molecule has 1 rings (SSSR count). The fourth-order valence-corrected chi connectivity index (χ4v) is 1.41. The summed E-state index contributed by atoms with van der Waals surface area (Å²) in [6.45, 7) is 3.14. The van der Waals surface area contributed by atoms with Gasteiger partial charge in [0.25, 0.3) is 0 Å². The van der Waals surface area contributed by atoms with Crippen LogP contribution in [0.3, 0.4) is 0 Å². The Balaban J connectivity index is 2.95. The average molecular weight is 258 g/mol. The molecule has 1 N–H and O–H groups in total. The fourth-order valence-electron chi connectivity index (χ4n) is 1.22. The zero-order valence-electron chi connectivity index (χ0n) is 9.52. The molecule has 0 bridgehead atoms. The molecule has 0 saturated heterocycles. The van der Waals surface area contributed by atoms with E-state index in [4.69, 9.17) is 21.6 Å². The molecule has 0 aliphatic heterocycles. The standard InChI is InChI=1S/C12H13ClFNO2/c1-7(16)8(2)17-11(6-15)9-4-3-5-10(13)12(9)14/h3-5,7-8,11,16H,1-2H3. The van der Waals surface area contributed by atoms with Crippen LogP contribution >= 0.6 is 11.6 Å². The van der Waals surface area contributed by atoms with E-state index in [0.717, 1.165) is 0 Å². The van der Waals surface area contributed by atoms with Crippen LogP contribution in [0, 0.1) is 17.1 Å². The smallest absolute Gasteiger partial charge is 0.172 e. The highest BCUT2D eigenvalue weighted by Gasteiger charge is 2.21. The summed E-state index contributed by atoms with van der Waals surface area (Å²) in [7, 11) is 0. The first-order valence-corrected chi connectivity index (χ1v) is 5.52. The second-order valence-corrected chi connectivity index (χ2v) is 4.14. The summed E-state index contributed by atoms with van der Waals surface area (Å²) in [6, 6.07) is 6.21. The third-order valence-corrected chi connectivity index (χ3v) is 2.70. The van der Waals surface area contributed by atoms with E-state index in [1.54, 1.807) is 13.0 Å². The largest absolute Gasteiger partial charge is 0.391 e. The maximum atomic E-state index is 13.7. The molecule has 0 aliphatic carbocycles. The van der Waals surface area contributed by atoms with E-state index in [9.17, 15) is 9.50 Å². The van der Waals surface area contributed by atoms with Gasteiger partial charge in [0.15, 0.2) is 6.10 Å². The van der Waals surface area contributed by atoms with Gasteiger partial charge in [0, 0.05) is 5.56 Å². The minimum Gasteiger partial charge on any atom is -0.391 e. The lowest BCUT2D eigenvalue weighted by Crippen LogP contribution is -2.24. The Bertz CT molecular complexity index is 431. The van der Waals surface area contributed by atoms with Gasteiger partial charge in [0.1, 0.15) is 5.82 Å². The number of aliphatic hydroxyl groups is 1. The summed E-state index contributed by atoms with van der Waals surface area (Å²) >= 11 is 5.62. The SMILES string of the molecule is CC(O)C(C)OC(C#N)c1cccc(Cl)c1F. The van der Waals surface area contributed by atoms with Gasteiger partial charge in [0.2, 0.25) is 0 Å². The van der Waals surface area contributed by atoms with Crippen molar-refractivity contribution in [2.24, 2.45) is 0 Å². The highest BCUT2D eigenvalue weighted by atomic mass is 35.5. The molecule has 0 radical (unpaired) electrons. The van der Waals surface area contributed by atoms with Crippen molar-refractivity contribution in [2.45, 2.75) is 32.2 Å². The number of rotatable bonds is 4. The molecular formula is C12H13ClFNO2. The molecule has 0 aromatic heterocycles. The maximum absolute atomic E-state index is 13.7. The van der Waals surface area contributed by atoms with Crippen LogP contribution in [0.15, 0.2) is 18.2 Å². The van der Waals surface area contributed by atoms with Crippen molar-refractivity contribution in [3.05, 3.63) is 34.6 Å². The summed E-state index contributed by atoms with van der Waals surface area (Å²) in [5.41, 5.74) is 0.0764. The molecule has 0 aliphatic rings. The van der Waals surface area contributed by atoms with Gasteiger partial charge in [-0.25, -0.2) is 4.39 Å². The first-order valence-electron chi connectivity index (χ1n) is 5.14. The van der Waals surface area contributed by atoms with Crippen molar-refractivity contribution < 1.29 is 14.2 Å². The topological polar surface area (TPSA) is 53.2 Å². The minimum atomic E-state index is -1.08. The van der Waals surface area contributed by atoms with Crippen molar-refractivity contribution in [3.8, 4) is 6.07 Å². The van der Waals surface area contributed by atoms with E-state index >= 15 is 0 Å². The van der Waals surface area contributed by atoms with E-state index in [1.807, 2.05) is 6.07 Å².